The van der Waals surface area contributed by atoms with Gasteiger partial charge in [0.05, 0.1) is 11.6 Å². The maximum absolute atomic E-state index is 9.89. The topological polar surface area (TPSA) is 50.1 Å². The summed E-state index contributed by atoms with van der Waals surface area (Å²) >= 11 is 0. The quantitative estimate of drug-likeness (QED) is 0.206. The van der Waals surface area contributed by atoms with Gasteiger partial charge >= 0.3 is 0 Å². The van der Waals surface area contributed by atoms with Crippen molar-refractivity contribution in [3.63, 3.8) is 0 Å². The van der Waals surface area contributed by atoms with E-state index >= 15 is 0 Å². The van der Waals surface area contributed by atoms with Gasteiger partial charge < -0.3 is 8.83 Å². The van der Waals surface area contributed by atoms with E-state index in [0.29, 0.717) is 5.56 Å². The molecular weight excluding hydrogens is 562 g/mol. The normalized spacial score (nSPS) is 11.5. The summed E-state index contributed by atoms with van der Waals surface area (Å²) in [7, 11) is 0. The minimum atomic E-state index is 0.615. The van der Waals surface area contributed by atoms with Crippen molar-refractivity contribution in [3.8, 4) is 50.6 Å². The van der Waals surface area contributed by atoms with Crippen molar-refractivity contribution in [2.45, 2.75) is 0 Å². The number of rotatable bonds is 4. The molecule has 214 valence electrons. The van der Waals surface area contributed by atoms with Crippen LogP contribution >= 0.6 is 0 Å². The summed E-state index contributed by atoms with van der Waals surface area (Å²) in [6, 6.07) is 54.4. The number of nitriles is 1. The van der Waals surface area contributed by atoms with Crippen molar-refractivity contribution < 1.29 is 8.83 Å². The smallest absolute Gasteiger partial charge is 0.136 e. The van der Waals surface area contributed by atoms with Crippen molar-refractivity contribution in [2.75, 3.05) is 0 Å². The van der Waals surface area contributed by atoms with Crippen LogP contribution in [0.5, 0.6) is 0 Å². The third-order valence-electron chi connectivity index (χ3n) is 8.93. The van der Waals surface area contributed by atoms with Crippen LogP contribution in [-0.4, -0.2) is 0 Å². The van der Waals surface area contributed by atoms with E-state index < -0.39 is 0 Å². The highest BCUT2D eigenvalue weighted by molar-refractivity contribution is 6.09. The molecule has 0 bridgehead atoms. The lowest BCUT2D eigenvalue weighted by molar-refractivity contribution is 0.668. The van der Waals surface area contributed by atoms with Crippen LogP contribution < -0.4 is 0 Å². The van der Waals surface area contributed by atoms with Gasteiger partial charge in [0.15, 0.2) is 0 Å². The zero-order valence-electron chi connectivity index (χ0n) is 24.7. The van der Waals surface area contributed by atoms with Gasteiger partial charge in [-0.05, 0) is 93.0 Å². The highest BCUT2D eigenvalue weighted by Crippen LogP contribution is 2.47. The largest absolute Gasteiger partial charge is 0.456 e. The molecule has 0 amide bonds. The highest BCUT2D eigenvalue weighted by atomic mass is 16.3. The first-order chi connectivity index (χ1) is 22.7. The average molecular weight is 588 g/mol. The van der Waals surface area contributed by atoms with Crippen LogP contribution in [-0.2, 0) is 0 Å². The Morgan fingerprint density at radius 1 is 0.370 bits per heavy atom. The zero-order chi connectivity index (χ0) is 30.6. The van der Waals surface area contributed by atoms with E-state index in [-0.39, 0.29) is 0 Å². The second kappa shape index (κ2) is 10.4. The molecule has 3 nitrogen and oxygen atoms in total. The van der Waals surface area contributed by atoms with Crippen LogP contribution in [0.3, 0.4) is 0 Å². The van der Waals surface area contributed by atoms with E-state index in [2.05, 4.69) is 97.1 Å². The van der Waals surface area contributed by atoms with Crippen LogP contribution in [0.2, 0.25) is 0 Å². The van der Waals surface area contributed by atoms with E-state index in [0.717, 1.165) is 88.4 Å². The molecule has 0 aliphatic rings. The summed E-state index contributed by atoms with van der Waals surface area (Å²) in [5.41, 5.74) is 12.5. The fourth-order valence-electron chi connectivity index (χ4n) is 6.82. The molecule has 0 N–H and O–H groups in total. The number of para-hydroxylation sites is 2. The van der Waals surface area contributed by atoms with Crippen LogP contribution in [0, 0.1) is 11.3 Å². The number of nitrogens with zero attached hydrogens (tertiary/aromatic N) is 1. The van der Waals surface area contributed by atoms with Crippen LogP contribution in [0.1, 0.15) is 5.56 Å². The number of hydrogen-bond acceptors (Lipinski definition) is 3. The maximum Gasteiger partial charge on any atom is 0.136 e. The van der Waals surface area contributed by atoms with Gasteiger partial charge in [-0.15, -0.1) is 0 Å². The molecular formula is C43H25NO2. The van der Waals surface area contributed by atoms with Gasteiger partial charge in [-0.2, -0.15) is 5.26 Å². The Bertz CT molecular complexity index is 2650. The highest BCUT2D eigenvalue weighted by Gasteiger charge is 2.21. The minimum absolute atomic E-state index is 0.615. The lowest BCUT2D eigenvalue weighted by Gasteiger charge is -2.21. The molecule has 2 aromatic heterocycles. The Kier molecular flexibility index (Phi) is 5.88. The third kappa shape index (κ3) is 4.13. The van der Waals surface area contributed by atoms with Crippen molar-refractivity contribution in [3.05, 3.63) is 157 Å². The van der Waals surface area contributed by atoms with Gasteiger partial charge in [-0.1, -0.05) is 103 Å². The summed E-state index contributed by atoms with van der Waals surface area (Å²) in [6.07, 6.45) is 0. The molecule has 0 atom stereocenters. The van der Waals surface area contributed by atoms with E-state index in [1.807, 2.05) is 60.7 Å². The van der Waals surface area contributed by atoms with Crippen molar-refractivity contribution in [1.82, 2.24) is 0 Å². The van der Waals surface area contributed by atoms with Gasteiger partial charge in [-0.3, -0.25) is 0 Å². The molecule has 0 radical (unpaired) electrons. The monoisotopic (exact) mass is 587 g/mol. The minimum Gasteiger partial charge on any atom is -0.456 e. The number of fused-ring (bicyclic) bond motifs is 6. The zero-order valence-corrected chi connectivity index (χ0v) is 24.7. The molecule has 2 heterocycles. The van der Waals surface area contributed by atoms with Gasteiger partial charge in [0.25, 0.3) is 0 Å². The molecule has 0 spiro atoms. The molecule has 0 aliphatic carbocycles. The lowest BCUT2D eigenvalue weighted by atomic mass is 9.82. The SMILES string of the molecule is N#Cc1cccc(-c2c(-c3ccc4c(c3)oc3ccccc34)ccc(-c3ccc4c(c3)oc3ccccc34)c2-c2ccccc2)c1. The summed E-state index contributed by atoms with van der Waals surface area (Å²) < 4.78 is 12.6. The summed E-state index contributed by atoms with van der Waals surface area (Å²) in [5, 5.41) is 14.3. The van der Waals surface area contributed by atoms with Crippen LogP contribution in [0.25, 0.3) is 88.4 Å². The molecule has 9 rings (SSSR count). The van der Waals surface area contributed by atoms with Gasteiger partial charge in [0, 0.05) is 21.5 Å². The first-order valence-corrected chi connectivity index (χ1v) is 15.3. The Hall–Kier alpha value is -6.37. The second-order valence-corrected chi connectivity index (χ2v) is 11.6. The third-order valence-corrected chi connectivity index (χ3v) is 8.93. The molecule has 9 aromatic rings. The van der Waals surface area contributed by atoms with Crippen LogP contribution in [0.15, 0.2) is 160 Å². The van der Waals surface area contributed by atoms with Gasteiger partial charge in [-0.25, -0.2) is 0 Å². The fraction of sp³-hybridized carbons (Fsp3) is 0. The first-order valence-electron chi connectivity index (χ1n) is 15.3. The number of hydrogen-bond donors (Lipinski definition) is 0. The molecule has 0 saturated carbocycles. The summed E-state index contributed by atoms with van der Waals surface area (Å²) in [4.78, 5) is 0. The Morgan fingerprint density at radius 2 is 0.870 bits per heavy atom. The molecule has 0 fully saturated rings. The van der Waals surface area contributed by atoms with Gasteiger partial charge in [0.2, 0.25) is 0 Å². The van der Waals surface area contributed by atoms with E-state index in [1.165, 1.54) is 0 Å². The predicted molar refractivity (Wildman–Crippen MR) is 187 cm³/mol. The van der Waals surface area contributed by atoms with E-state index in [1.54, 1.807) is 0 Å². The maximum atomic E-state index is 9.89. The molecule has 7 aromatic carbocycles. The molecule has 0 aliphatic heterocycles. The molecule has 3 heteroatoms. The number of benzene rings is 7. The average Bonchev–Trinajstić information content (AvgIpc) is 3.69. The van der Waals surface area contributed by atoms with Crippen molar-refractivity contribution in [1.29, 1.82) is 5.26 Å². The Labute approximate surface area is 265 Å². The standard InChI is InChI=1S/C43H25NO2/c44-26-27-9-8-12-31(23-27)43-33(30-18-20-37-35-14-5-7-16-39(35)46-41(37)25-30)22-21-32(42(43)28-10-2-1-3-11-28)29-17-19-36-34-13-4-6-15-38(34)45-40(36)24-29/h1-25H. The molecule has 0 saturated heterocycles. The first kappa shape index (κ1) is 26.1. The lowest BCUT2D eigenvalue weighted by Crippen LogP contribution is -1.95. The molecule has 46 heavy (non-hydrogen) atoms. The number of furan rings is 2. The van der Waals surface area contributed by atoms with Crippen molar-refractivity contribution >= 4 is 43.9 Å². The van der Waals surface area contributed by atoms with E-state index in [9.17, 15) is 5.26 Å². The molecule has 0 unspecified atom stereocenters. The summed E-state index contributed by atoms with van der Waals surface area (Å²) in [6.45, 7) is 0. The fourth-order valence-corrected chi connectivity index (χ4v) is 6.82. The predicted octanol–water partition coefficient (Wildman–Crippen LogP) is 12.0. The van der Waals surface area contributed by atoms with Gasteiger partial charge in [0.1, 0.15) is 22.3 Å². The van der Waals surface area contributed by atoms with Crippen molar-refractivity contribution in [2.24, 2.45) is 0 Å². The van der Waals surface area contributed by atoms with Crippen LogP contribution in [0.4, 0.5) is 0 Å². The Morgan fingerprint density at radius 3 is 1.46 bits per heavy atom. The summed E-state index contributed by atoms with van der Waals surface area (Å²) in [5.74, 6) is 0. The van der Waals surface area contributed by atoms with E-state index in [4.69, 9.17) is 8.83 Å². The second-order valence-electron chi connectivity index (χ2n) is 11.6. The Balaban J connectivity index is 1.35.